The van der Waals surface area contributed by atoms with Crippen molar-refractivity contribution in [2.24, 2.45) is 17.8 Å². The lowest BCUT2D eigenvalue weighted by Crippen LogP contribution is -2.57. The minimum atomic E-state index is -4.72. The molecule has 790 valence electrons. The Morgan fingerprint density at radius 1 is 0.417 bits per heavy atom. The molecule has 7 aromatic heterocycles. The molecule has 15 heterocycles. The van der Waals surface area contributed by atoms with E-state index in [2.05, 4.69) is 55.5 Å². The van der Waals surface area contributed by atoms with Crippen molar-refractivity contribution in [3.63, 3.8) is 0 Å². The number of aromatic amines is 3. The number of nitrogens with two attached hydrogens (primary N) is 2. The molecule has 16 rings (SSSR count). The van der Waals surface area contributed by atoms with Gasteiger partial charge in [-0.2, -0.15) is 0 Å². The second-order valence-electron chi connectivity index (χ2n) is 35.0. The number of aryl methyl sites for hydroxylation is 3. The van der Waals surface area contributed by atoms with E-state index in [-0.39, 0.29) is 103 Å². The van der Waals surface area contributed by atoms with Crippen molar-refractivity contribution in [3.05, 3.63) is 135 Å². The number of nitrogens with one attached hydrogen (secondary N) is 5. The highest BCUT2D eigenvalue weighted by molar-refractivity contribution is 8.09. The van der Waals surface area contributed by atoms with Gasteiger partial charge in [0.15, 0.2) is 22.9 Å². The highest BCUT2D eigenvalue weighted by atomic mass is 32.5. The average molecular weight is 2290 g/mol. The van der Waals surface area contributed by atoms with Crippen LogP contribution < -0.4 is 55.8 Å². The maximum atomic E-state index is 13.7. The van der Waals surface area contributed by atoms with Crippen LogP contribution in [0.2, 0.25) is 0 Å². The number of carbonyl (C=O) groups excluding carboxylic acids is 4. The van der Waals surface area contributed by atoms with E-state index in [1.807, 2.05) is 6.92 Å². The van der Waals surface area contributed by atoms with E-state index < -0.39 is 285 Å². The number of nitrogen functional groups attached to an aromatic ring is 2. The maximum absolute atomic E-state index is 13.7. The van der Waals surface area contributed by atoms with E-state index in [0.717, 1.165) is 21.1 Å². The van der Waals surface area contributed by atoms with Crippen molar-refractivity contribution in [2.45, 2.75) is 222 Å². The summed E-state index contributed by atoms with van der Waals surface area (Å²) in [6.45, 7) is -26.7. The molecule has 0 spiro atoms. The number of nitrogens with zero attached hydrogens (tertiary/aromatic N) is 12. The predicted octanol–water partition coefficient (Wildman–Crippen LogP) is 1.56. The molecule has 0 aromatic carbocycles. The second kappa shape index (κ2) is 44.8. The molecule has 56 nitrogen and oxygen atoms in total. The van der Waals surface area contributed by atoms with Crippen molar-refractivity contribution < 1.29 is 145 Å². The first kappa shape index (κ1) is 111. The van der Waals surface area contributed by atoms with Gasteiger partial charge >= 0.3 is 70.1 Å². The Bertz CT molecular complexity index is 6890. The van der Waals surface area contributed by atoms with Crippen LogP contribution >= 0.6 is 47.0 Å². The number of hydrogen-bond donors (Lipinski definition) is 14. The lowest BCUT2D eigenvalue weighted by molar-refractivity contribution is -0.135. The van der Waals surface area contributed by atoms with Crippen LogP contribution in [-0.2, 0) is 189 Å². The summed E-state index contributed by atoms with van der Waals surface area (Å²) in [5.74, 6) is -4.69. The molecule has 5 amide bonds. The van der Waals surface area contributed by atoms with Crippen LogP contribution in [0.3, 0.4) is 0 Å². The number of hydrogen-bond acceptors (Lipinski definition) is 45. The Labute approximate surface area is 849 Å². The topological polar surface area (TPSA) is 726 Å². The number of imidazole rings is 2. The van der Waals surface area contributed by atoms with Crippen molar-refractivity contribution in [1.82, 2.24) is 83.2 Å². The van der Waals surface area contributed by atoms with Gasteiger partial charge in [0.2, 0.25) is 11.8 Å². The molecule has 70 heteroatoms. The summed E-state index contributed by atoms with van der Waals surface area (Å²) in [5, 5.41) is 4.49. The van der Waals surface area contributed by atoms with E-state index >= 15 is 0 Å². The van der Waals surface area contributed by atoms with Gasteiger partial charge in [0.25, 0.3) is 22.6 Å². The molecule has 30 atom stereocenters. The Morgan fingerprint density at radius 3 is 1.19 bits per heavy atom. The van der Waals surface area contributed by atoms with Crippen LogP contribution in [0, 0.1) is 38.5 Å². The molecule has 7 aromatic rings. The molecule has 8 fully saturated rings. The molecule has 0 radical (unpaired) electrons. The van der Waals surface area contributed by atoms with Crippen LogP contribution in [-0.4, -0.2) is 276 Å². The molecule has 1 saturated carbocycles. The molecule has 8 aliphatic heterocycles. The number of rotatable bonds is 41. The third kappa shape index (κ3) is 26.1. The van der Waals surface area contributed by atoms with Crippen LogP contribution in [0.15, 0.2) is 84.3 Å². The van der Waals surface area contributed by atoms with E-state index in [9.17, 15) is 82.2 Å². The number of aromatic nitrogens is 14. The Kier molecular flexibility index (Phi) is 34.4. The normalized spacial score (nSPS) is 31.9. The number of ether oxygens (including phenoxy) is 6. The highest BCUT2D eigenvalue weighted by Gasteiger charge is 2.53. The lowest BCUT2D eigenvalue weighted by atomic mass is 9.93. The van der Waals surface area contributed by atoms with Gasteiger partial charge < -0.3 is 137 Å². The van der Waals surface area contributed by atoms with Gasteiger partial charge in [-0.3, -0.25) is 82.1 Å². The summed E-state index contributed by atoms with van der Waals surface area (Å²) in [6.07, 6.45) is -14.0. The number of amides is 5. The maximum Gasteiger partial charge on any atom is 0.330 e. The highest BCUT2D eigenvalue weighted by Crippen LogP contribution is 2.59. The minimum Gasteiger partial charge on any atom is -0.382 e. The fourth-order valence-electron chi connectivity index (χ4n) is 17.8. The van der Waals surface area contributed by atoms with Crippen LogP contribution in [0.1, 0.15) is 126 Å². The standard InChI is InChI=1S/C74H100N19O37P7S7/c1-8-40-44(13-57(119-40)92-30-81-59-61(75)77-28-79-63(59)92)126-134(107,141)115-25-51-47(16-56(121-51)91-21-36(6)69(98)87-74(91)103)130-137(110,144)117-27-53-48(17-58(123-53)93-31-82-60-62(76)78-29-80-64(60)93)127-132(105,139)112-22-37-10-38(88-18-33(3)66(95)84-71(88)100)11-41(37)124-133(106,140)114-24-50-45(14-54(120-50)89-19-34(4)67(96)85-72(89)101)129-136(109,143)116-26-52-46(15-55(122-52)90-20-35(5)68(97)86-73(90)102)128-135(108,142)113-23-49-43(125-131(104,138)111-7)12-42(118-49)39-9-32(2)65(94)83-70(39)99/h9,18,20-21,28-31,34,37-58H,8,10-17,19,22-27H2,1-7H3,(H,104,138)(H,105,139)(H,106,140)(H,107,141)(H,108,142)(H,109,143)(H,110,144)(H2,75,77,79)(H2,76,78,80)(H,83,94,99)(H,84,95,100)(H,85,96,101)(H,86,97,102)(H,87,98,103)/t34?,37-,38-,39?,40-,41?,42-,43?,44?,45?,46?,47?,48?,49-,50-,51-,52-,53-,54-,55-,56-,57-,58-,131?,132?,133?,134?,135?,136?,137?/m1/s1. The van der Waals surface area contributed by atoms with Gasteiger partial charge in [0.05, 0.1) is 119 Å². The summed E-state index contributed by atoms with van der Waals surface area (Å²) in [6, 6.07) is -1.79. The van der Waals surface area contributed by atoms with E-state index in [1.165, 1.54) is 93.7 Å². The number of fused-ring (bicyclic) bond motifs is 2. The number of H-pyrrole nitrogens is 3. The summed E-state index contributed by atoms with van der Waals surface area (Å²) >= 11 is 39.0. The smallest absolute Gasteiger partial charge is 0.330 e. The van der Waals surface area contributed by atoms with Crippen molar-refractivity contribution >= 4 is 187 Å². The summed E-state index contributed by atoms with van der Waals surface area (Å²) in [5.41, 5.74) is 9.00. The third-order valence-corrected chi connectivity index (χ3v) is 36.3. The minimum absolute atomic E-state index is 0.00160. The number of urea groups is 1. The summed E-state index contributed by atoms with van der Waals surface area (Å²) in [7, 11) is 1.10. The Morgan fingerprint density at radius 2 is 0.771 bits per heavy atom. The molecular formula is C74H100N19O37P7S7. The van der Waals surface area contributed by atoms with Crippen LogP contribution in [0.25, 0.3) is 22.3 Å². The zero-order valence-electron chi connectivity index (χ0n) is 76.6. The van der Waals surface area contributed by atoms with Gasteiger partial charge in [-0.15, -0.1) is 0 Å². The van der Waals surface area contributed by atoms with E-state index in [1.54, 1.807) is 4.57 Å². The molecule has 9 aliphatic rings. The number of carbonyl (C=O) groups is 4. The van der Waals surface area contributed by atoms with Gasteiger partial charge in [0, 0.05) is 105 Å². The molecule has 1 aliphatic carbocycles. The van der Waals surface area contributed by atoms with Gasteiger partial charge in [0.1, 0.15) is 85.3 Å². The Balaban J connectivity index is 0.601. The van der Waals surface area contributed by atoms with E-state index in [0.29, 0.717) is 17.6 Å². The van der Waals surface area contributed by atoms with Gasteiger partial charge in [-0.05, 0) is 130 Å². The molecule has 16 N–H and O–H groups in total. The largest absolute Gasteiger partial charge is 0.382 e. The lowest BCUT2D eigenvalue weighted by Gasteiger charge is -2.34. The fourth-order valence-corrected chi connectivity index (χ4v) is 27.7. The predicted molar refractivity (Wildman–Crippen MR) is 523 cm³/mol. The van der Waals surface area contributed by atoms with Gasteiger partial charge in [-0.25, -0.2) is 49.1 Å². The van der Waals surface area contributed by atoms with Crippen molar-refractivity contribution in [1.29, 1.82) is 0 Å². The molecule has 16 unspecified atom stereocenters. The zero-order chi connectivity index (χ0) is 104. The quantitative estimate of drug-likeness (QED) is 0.0191. The van der Waals surface area contributed by atoms with E-state index in [4.69, 9.17) is 186 Å². The first-order chi connectivity index (χ1) is 67.8. The third-order valence-electron chi connectivity index (χ3n) is 25.0. The number of imide groups is 2. The zero-order valence-corrected chi connectivity index (χ0v) is 88.6. The molecule has 7 saturated heterocycles. The summed E-state index contributed by atoms with van der Waals surface area (Å²) in [4.78, 5) is 247. The first-order valence-electron chi connectivity index (χ1n) is 44.2. The molecule has 0 bridgehead atoms. The fraction of sp³-hybridized carbons (Fsp3) is 0.622. The van der Waals surface area contributed by atoms with Gasteiger partial charge in [-0.1, -0.05) is 19.9 Å². The number of anilines is 2. The molecular weight excluding hydrogens is 2190 g/mol. The second-order valence-corrected chi connectivity index (χ2v) is 54.6. The van der Waals surface area contributed by atoms with Crippen molar-refractivity contribution in [2.75, 3.05) is 64.8 Å². The SMILES string of the molecule is CC[C@H]1O[C@@H](n2cnc3c(N)ncnc32)CC1OP(O)(=S)OC[C@H]1O[C@@H](n2cc(C)c(=O)[nH]c2=O)CC1OP(O)(=S)OC[C@H]1O[C@@H](n2cnc3c(N)ncnc32)CC1OP(O)(=S)OC[C@H]1C[C@@H](n2cc(C)c(=O)[nH]c2=O)CC1OP(O)(=S)OC[C@H]1O[C@@H](N2CC(C)C(=O)NC2=O)CC1OP(O)(=S)OC[C@H]1O[C@@H](n2cc(C)c(=O)[nH]c2=O)CC1OP(O)(=S)OC[C@H]1O[C@@H](C2C=C(C)C(=O)NC2=O)CC1OP(O)(=S)OC. The van der Waals surface area contributed by atoms with Crippen LogP contribution in [0.4, 0.5) is 16.4 Å². The van der Waals surface area contributed by atoms with Crippen molar-refractivity contribution in [3.8, 4) is 0 Å². The Hall–Kier alpha value is -5.97. The summed E-state index contributed by atoms with van der Waals surface area (Å²) < 4.78 is 128. The van der Waals surface area contributed by atoms with Crippen LogP contribution in [0.5, 0.6) is 0 Å². The molecule has 144 heavy (non-hydrogen) atoms. The monoisotopic (exact) mass is 2290 g/mol. The first-order valence-corrected chi connectivity index (χ1v) is 62.3. The average Bonchev–Trinajstić information content (AvgIpc) is 1.60.